The van der Waals surface area contributed by atoms with Gasteiger partial charge < -0.3 is 17.7 Å². The molecule has 0 unspecified atom stereocenters. The lowest BCUT2D eigenvalue weighted by atomic mass is 9.45. The van der Waals surface area contributed by atoms with E-state index in [4.69, 9.17) is 17.7 Å². The smallest absolute Gasteiger partial charge is 0.192 e. The molecule has 12 atom stereocenters. The van der Waals surface area contributed by atoms with Gasteiger partial charge >= 0.3 is 0 Å². The molecule has 0 radical (unpaired) electrons. The topological polar surface area (TPSA) is 71.1 Å². The summed E-state index contributed by atoms with van der Waals surface area (Å²) in [6.45, 7) is 62.8. The first-order valence-corrected chi connectivity index (χ1v) is 43.0. The van der Waals surface area contributed by atoms with Gasteiger partial charge in [-0.05, 0) is 229 Å². The van der Waals surface area contributed by atoms with Crippen LogP contribution in [0.15, 0.2) is 22.3 Å². The van der Waals surface area contributed by atoms with Crippen LogP contribution in [-0.4, -0.2) is 69.3 Å². The van der Waals surface area contributed by atoms with Gasteiger partial charge in [-0.3, -0.25) is 9.59 Å². The highest BCUT2D eigenvalue weighted by Gasteiger charge is 2.79. The standard InChI is InChI=1S/2C33H58O3Si2/c2*1-28(2,3)37(10,11)35-25-16-18-32-20-22-23(34)21-31(9)17-15-26(36-38(12,13)29(4,5)6)33(32,27(22)31)19-14-24(32)30(25,7)8/h2*24-26H,14-21H2,1-13H3/t2*24-,25-,26+,31-,32+,33-/m10/s1. The minimum atomic E-state index is -1.97. The van der Waals surface area contributed by atoms with Crippen molar-refractivity contribution in [2.45, 2.75) is 324 Å². The van der Waals surface area contributed by atoms with Crippen LogP contribution in [0.5, 0.6) is 0 Å². The summed E-state index contributed by atoms with van der Waals surface area (Å²) in [6, 6.07) is 0. The summed E-state index contributed by atoms with van der Waals surface area (Å²) in [4.78, 5) is 27.3. The number of hydrogen-bond donors (Lipinski definition) is 0. The lowest BCUT2D eigenvalue weighted by Crippen LogP contribution is -2.62. The summed E-state index contributed by atoms with van der Waals surface area (Å²) in [5, 5.41) is 0.797. The maximum absolute atomic E-state index is 13.7. The molecule has 10 aliphatic carbocycles. The third-order valence-corrected chi connectivity index (χ3v) is 45.3. The lowest BCUT2D eigenvalue weighted by Gasteiger charge is -2.63. The van der Waals surface area contributed by atoms with Crippen molar-refractivity contribution in [1.82, 2.24) is 0 Å². The Morgan fingerprint density at radius 3 is 0.908 bits per heavy atom. The molecule has 6 fully saturated rings. The van der Waals surface area contributed by atoms with Gasteiger partial charge in [-0.2, -0.15) is 0 Å². The number of hydrogen-bond acceptors (Lipinski definition) is 6. The number of allylic oxidation sites excluding steroid dienone is 2. The van der Waals surface area contributed by atoms with Gasteiger partial charge in [-0.15, -0.1) is 0 Å². The summed E-state index contributed by atoms with van der Waals surface area (Å²) < 4.78 is 29.5. The zero-order valence-electron chi connectivity index (χ0n) is 54.2. The van der Waals surface area contributed by atoms with Gasteiger partial charge in [0.05, 0.1) is 24.4 Å². The van der Waals surface area contributed by atoms with Crippen molar-refractivity contribution >= 4 is 44.8 Å². The van der Waals surface area contributed by atoms with E-state index < -0.39 is 33.3 Å². The molecule has 0 N–H and O–H groups in total. The monoisotopic (exact) mass is 1120 g/mol. The van der Waals surface area contributed by atoms with E-state index in [-0.39, 0.29) is 75.7 Å². The average molecular weight is 1120 g/mol. The Balaban J connectivity index is 0.000000186. The molecule has 10 aliphatic rings. The third kappa shape index (κ3) is 8.17. The largest absolute Gasteiger partial charge is 0.413 e. The van der Waals surface area contributed by atoms with Gasteiger partial charge in [0.25, 0.3) is 0 Å². The van der Waals surface area contributed by atoms with E-state index in [2.05, 4.69) is 177 Å². The quantitative estimate of drug-likeness (QED) is 0.226. The molecular formula is C66H116O6Si4. The zero-order chi connectivity index (χ0) is 57.1. The number of carbonyl (C=O) groups is 2. The molecule has 0 saturated heterocycles. The SMILES string of the molecule is CC1(C)[C@@H](O[Si](C)(C)C(C)(C)C)CC[C@]23CC4=C5[C@@](C)(CC[C@@H](O[Si](C)(C)C(C)(C)C)[C@@]52CC[C@@H]13)CC4=O.CC1(C)[C@H]2CC[C@@]34C5=C(C[C@@]23CC[C@H]1O[Si](C)(C)C(C)(C)C)C(=O)C[C@@]5(C)CC[C@@H]4O[Si](C)(C)C(C)(C)C. The van der Waals surface area contributed by atoms with Gasteiger partial charge in [0.1, 0.15) is 0 Å². The fraction of sp³-hybridized carbons (Fsp3) is 0.909. The Morgan fingerprint density at radius 2 is 0.632 bits per heavy atom. The normalized spacial score (nSPS) is 40.9. The van der Waals surface area contributed by atoms with Crippen molar-refractivity contribution in [3.63, 3.8) is 0 Å². The lowest BCUT2D eigenvalue weighted by molar-refractivity contribution is -0.143. The molecule has 10 heteroatoms. The van der Waals surface area contributed by atoms with E-state index >= 15 is 0 Å². The second kappa shape index (κ2) is 17.5. The Hall–Kier alpha value is -0.472. The van der Waals surface area contributed by atoms with Crippen molar-refractivity contribution in [2.24, 2.45) is 55.2 Å². The third-order valence-electron chi connectivity index (χ3n) is 27.4. The molecule has 0 aromatic rings. The highest BCUT2D eigenvalue weighted by molar-refractivity contribution is 6.75. The Morgan fingerprint density at radius 1 is 0.368 bits per heavy atom. The van der Waals surface area contributed by atoms with E-state index in [0.717, 1.165) is 64.2 Å². The molecule has 0 aromatic heterocycles. The van der Waals surface area contributed by atoms with Gasteiger partial charge in [0, 0.05) is 23.7 Å². The minimum absolute atomic E-state index is 0.0426. The number of ketones is 2. The second-order valence-electron chi connectivity index (χ2n) is 36.1. The first-order valence-electron chi connectivity index (χ1n) is 31.4. The van der Waals surface area contributed by atoms with Crippen LogP contribution in [0, 0.1) is 55.2 Å². The highest BCUT2D eigenvalue weighted by atomic mass is 28.4. The average Bonchev–Trinajstić information content (AvgIpc) is 4.02. The maximum Gasteiger partial charge on any atom is 0.192 e. The van der Waals surface area contributed by atoms with E-state index in [1.54, 1.807) is 11.1 Å². The van der Waals surface area contributed by atoms with Gasteiger partial charge in [0.2, 0.25) is 0 Å². The Labute approximate surface area is 471 Å². The molecule has 0 aromatic carbocycles. The van der Waals surface area contributed by atoms with Crippen LogP contribution in [0.1, 0.15) is 227 Å². The Kier molecular flexibility index (Phi) is 13.9. The van der Waals surface area contributed by atoms with E-state index in [9.17, 15) is 9.59 Å². The van der Waals surface area contributed by atoms with Gasteiger partial charge in [0.15, 0.2) is 44.8 Å². The van der Waals surface area contributed by atoms with Crippen LogP contribution in [-0.2, 0) is 27.3 Å². The molecule has 10 rings (SSSR count). The molecule has 0 bridgehead atoms. The van der Waals surface area contributed by atoms with Crippen molar-refractivity contribution in [3.05, 3.63) is 22.3 Å². The van der Waals surface area contributed by atoms with Crippen LogP contribution in [0.4, 0.5) is 0 Å². The summed E-state index contributed by atoms with van der Waals surface area (Å²) in [5.41, 5.74) is 6.36. The summed E-state index contributed by atoms with van der Waals surface area (Å²) in [7, 11) is -7.71. The second-order valence-corrected chi connectivity index (χ2v) is 55.1. The predicted molar refractivity (Wildman–Crippen MR) is 327 cm³/mol. The van der Waals surface area contributed by atoms with Crippen LogP contribution in [0.3, 0.4) is 0 Å². The van der Waals surface area contributed by atoms with E-state index in [1.807, 2.05) is 0 Å². The highest BCUT2D eigenvalue weighted by Crippen LogP contribution is 2.84. The van der Waals surface area contributed by atoms with Crippen molar-refractivity contribution in [3.8, 4) is 0 Å². The molecule has 0 aliphatic heterocycles. The van der Waals surface area contributed by atoms with Crippen molar-refractivity contribution in [1.29, 1.82) is 0 Å². The minimum Gasteiger partial charge on any atom is -0.413 e. The zero-order valence-corrected chi connectivity index (χ0v) is 58.2. The van der Waals surface area contributed by atoms with Gasteiger partial charge in [-0.25, -0.2) is 0 Å². The van der Waals surface area contributed by atoms with Crippen LogP contribution in [0.2, 0.25) is 72.5 Å². The first-order chi connectivity index (χ1) is 34.1. The number of rotatable bonds is 8. The summed E-state index contributed by atoms with van der Waals surface area (Å²) in [5.74, 6) is 2.08. The molecule has 6 nitrogen and oxygen atoms in total. The summed E-state index contributed by atoms with van der Waals surface area (Å²) >= 11 is 0. The van der Waals surface area contributed by atoms with Crippen molar-refractivity contribution < 1.29 is 27.3 Å². The van der Waals surface area contributed by atoms with Gasteiger partial charge in [-0.1, -0.05) is 125 Å². The molecule has 6 saturated carbocycles. The fourth-order valence-corrected chi connectivity index (χ4v) is 25.3. The molecule has 76 heavy (non-hydrogen) atoms. The molecule has 432 valence electrons. The molecule has 0 amide bonds. The predicted octanol–water partition coefficient (Wildman–Crippen LogP) is 18.9. The molecule has 4 spiro atoms. The first kappa shape index (κ1) is 60.1. The maximum atomic E-state index is 13.7. The van der Waals surface area contributed by atoms with Crippen LogP contribution in [0.25, 0.3) is 0 Å². The van der Waals surface area contributed by atoms with E-state index in [0.29, 0.717) is 35.6 Å². The Bertz CT molecular complexity index is 2280. The van der Waals surface area contributed by atoms with Crippen LogP contribution < -0.4 is 0 Å². The van der Waals surface area contributed by atoms with E-state index in [1.165, 1.54) is 49.7 Å². The molecular weight excluding hydrogens is 1000 g/mol. The van der Waals surface area contributed by atoms with Crippen molar-refractivity contribution in [2.75, 3.05) is 0 Å². The fourth-order valence-electron chi connectivity index (χ4n) is 19.5. The number of carbonyl (C=O) groups excluding carboxylic acids is 2. The van der Waals surface area contributed by atoms with Crippen LogP contribution >= 0.6 is 0 Å². The summed E-state index contributed by atoms with van der Waals surface area (Å²) in [6.07, 6.45) is 18.6. The molecule has 0 heterocycles. The number of Topliss-reactive ketones (excluding diaryl/α,β-unsaturated/α-hetero) is 2.